The van der Waals surface area contributed by atoms with E-state index < -0.39 is 5.60 Å². The zero-order valence-electron chi connectivity index (χ0n) is 17.1. The molecule has 1 aliphatic rings. The third kappa shape index (κ3) is 7.00. The number of amides is 1. The molecule has 1 amide bonds. The van der Waals surface area contributed by atoms with Gasteiger partial charge in [0.05, 0.1) is 6.61 Å². The molecule has 2 N–H and O–H groups in total. The number of benzene rings is 1. The van der Waals surface area contributed by atoms with Crippen LogP contribution in [0.5, 0.6) is 5.75 Å². The Bertz CT molecular complexity index is 668. The first-order chi connectivity index (χ1) is 12.8. The van der Waals surface area contributed by atoms with E-state index >= 15 is 0 Å². The van der Waals surface area contributed by atoms with Crippen molar-refractivity contribution in [2.24, 2.45) is 4.99 Å². The number of fused-ring (bicyclic) bond motifs is 1. The number of guanidine groups is 1. The summed E-state index contributed by atoms with van der Waals surface area (Å²) in [5.74, 6) is 1.73. The van der Waals surface area contributed by atoms with Crippen molar-refractivity contribution in [3.8, 4) is 5.75 Å². The molecular weight excluding hydrogens is 344 g/mol. The molecule has 150 valence electrons. The van der Waals surface area contributed by atoms with Crippen LogP contribution >= 0.6 is 0 Å². The molecule has 0 atom stereocenters. The number of likely N-dealkylation sites (N-methyl/N-ethyl adjacent to an activating group) is 1. The van der Waals surface area contributed by atoms with Gasteiger partial charge in [0, 0.05) is 40.2 Å². The van der Waals surface area contributed by atoms with E-state index in [1.165, 1.54) is 11.1 Å². The molecule has 0 bridgehead atoms. The van der Waals surface area contributed by atoms with Gasteiger partial charge in [0.15, 0.2) is 5.96 Å². The zero-order chi connectivity index (χ0) is 19.9. The second-order valence-corrected chi connectivity index (χ2v) is 7.62. The Morgan fingerprint density at radius 1 is 1.30 bits per heavy atom. The molecule has 0 fully saturated rings. The van der Waals surface area contributed by atoms with E-state index in [4.69, 9.17) is 9.47 Å². The molecular formula is C20H32N4O3. The van der Waals surface area contributed by atoms with Gasteiger partial charge in [-0.3, -0.25) is 4.99 Å². The summed E-state index contributed by atoms with van der Waals surface area (Å²) >= 11 is 0. The average Bonchev–Trinajstić information content (AvgIpc) is 3.06. The van der Waals surface area contributed by atoms with Gasteiger partial charge in [0.25, 0.3) is 0 Å². The fourth-order valence-electron chi connectivity index (χ4n) is 2.71. The maximum atomic E-state index is 11.9. The lowest BCUT2D eigenvalue weighted by atomic mass is 10.1. The minimum Gasteiger partial charge on any atom is -0.493 e. The van der Waals surface area contributed by atoms with Crippen molar-refractivity contribution in [2.75, 3.05) is 40.3 Å². The highest BCUT2D eigenvalue weighted by atomic mass is 16.6. The summed E-state index contributed by atoms with van der Waals surface area (Å²) in [4.78, 5) is 17.7. The van der Waals surface area contributed by atoms with Gasteiger partial charge in [-0.05, 0) is 44.4 Å². The number of hydrogen-bond donors (Lipinski definition) is 2. The Morgan fingerprint density at radius 3 is 2.74 bits per heavy atom. The van der Waals surface area contributed by atoms with Gasteiger partial charge in [-0.15, -0.1) is 0 Å². The SMILES string of the molecule is CN=C(NCCc1ccc2c(c1)CCO2)NCCN(C)C(=O)OC(C)(C)C. The van der Waals surface area contributed by atoms with Crippen LogP contribution in [0, 0.1) is 0 Å². The third-order valence-corrected chi connectivity index (χ3v) is 4.13. The van der Waals surface area contributed by atoms with Crippen LogP contribution in [0.4, 0.5) is 4.79 Å². The second kappa shape index (κ2) is 9.48. The van der Waals surface area contributed by atoms with Gasteiger partial charge in [-0.1, -0.05) is 12.1 Å². The van der Waals surface area contributed by atoms with E-state index in [2.05, 4.69) is 33.8 Å². The summed E-state index contributed by atoms with van der Waals surface area (Å²) in [7, 11) is 3.46. The molecule has 0 saturated carbocycles. The molecule has 7 heteroatoms. The summed E-state index contributed by atoms with van der Waals surface area (Å²) in [6.45, 7) is 8.25. The molecule has 0 aliphatic carbocycles. The topological polar surface area (TPSA) is 75.2 Å². The number of carbonyl (C=O) groups excluding carboxylic acids is 1. The number of ether oxygens (including phenoxy) is 2. The Labute approximate surface area is 162 Å². The van der Waals surface area contributed by atoms with E-state index in [9.17, 15) is 4.79 Å². The average molecular weight is 377 g/mol. The van der Waals surface area contributed by atoms with Crippen molar-refractivity contribution < 1.29 is 14.3 Å². The Hall–Kier alpha value is -2.44. The summed E-state index contributed by atoms with van der Waals surface area (Å²) in [6, 6.07) is 6.38. The fourth-order valence-corrected chi connectivity index (χ4v) is 2.71. The Morgan fingerprint density at radius 2 is 2.04 bits per heavy atom. The van der Waals surface area contributed by atoms with E-state index in [1.54, 1.807) is 19.0 Å². The van der Waals surface area contributed by atoms with E-state index in [0.717, 1.165) is 37.7 Å². The summed E-state index contributed by atoms with van der Waals surface area (Å²) in [5.41, 5.74) is 2.09. The normalized spacial score (nSPS) is 13.6. The second-order valence-electron chi connectivity index (χ2n) is 7.62. The zero-order valence-corrected chi connectivity index (χ0v) is 17.1. The monoisotopic (exact) mass is 376 g/mol. The number of aliphatic imine (C=N–C) groups is 1. The molecule has 0 unspecified atom stereocenters. The minimum atomic E-state index is -0.486. The highest BCUT2D eigenvalue weighted by molar-refractivity contribution is 5.79. The van der Waals surface area contributed by atoms with Crippen LogP contribution in [0.2, 0.25) is 0 Å². The van der Waals surface area contributed by atoms with Gasteiger partial charge in [-0.2, -0.15) is 0 Å². The van der Waals surface area contributed by atoms with Crippen molar-refractivity contribution in [2.45, 2.75) is 39.2 Å². The van der Waals surface area contributed by atoms with E-state index in [0.29, 0.717) is 13.1 Å². The van der Waals surface area contributed by atoms with Gasteiger partial charge >= 0.3 is 6.09 Å². The van der Waals surface area contributed by atoms with Crippen molar-refractivity contribution >= 4 is 12.1 Å². The maximum Gasteiger partial charge on any atom is 0.410 e. The number of carbonyl (C=O) groups is 1. The number of hydrogen-bond acceptors (Lipinski definition) is 4. The lowest BCUT2D eigenvalue weighted by Gasteiger charge is -2.24. The number of nitrogens with zero attached hydrogens (tertiary/aromatic N) is 2. The molecule has 1 aliphatic heterocycles. The molecule has 1 aromatic rings. The molecule has 27 heavy (non-hydrogen) atoms. The molecule has 2 rings (SSSR count). The molecule has 0 radical (unpaired) electrons. The van der Waals surface area contributed by atoms with Crippen LogP contribution in [-0.4, -0.2) is 62.9 Å². The largest absolute Gasteiger partial charge is 0.493 e. The first-order valence-electron chi connectivity index (χ1n) is 9.42. The van der Waals surface area contributed by atoms with Crippen molar-refractivity contribution in [3.05, 3.63) is 29.3 Å². The van der Waals surface area contributed by atoms with E-state index in [-0.39, 0.29) is 6.09 Å². The van der Waals surface area contributed by atoms with Crippen molar-refractivity contribution in [3.63, 3.8) is 0 Å². The van der Waals surface area contributed by atoms with Crippen LogP contribution in [0.1, 0.15) is 31.9 Å². The lowest BCUT2D eigenvalue weighted by molar-refractivity contribution is 0.0302. The van der Waals surface area contributed by atoms with Crippen molar-refractivity contribution in [1.29, 1.82) is 0 Å². The van der Waals surface area contributed by atoms with Gasteiger partial charge in [0.1, 0.15) is 11.4 Å². The third-order valence-electron chi connectivity index (χ3n) is 4.13. The van der Waals surface area contributed by atoms with E-state index in [1.807, 2.05) is 20.8 Å². The van der Waals surface area contributed by atoms with Crippen LogP contribution in [-0.2, 0) is 17.6 Å². The number of rotatable bonds is 6. The van der Waals surface area contributed by atoms with Crippen LogP contribution in [0.15, 0.2) is 23.2 Å². The standard InChI is InChI=1S/C20H32N4O3/c1-20(2,3)27-19(25)24(5)12-11-23-18(21-4)22-10-8-15-6-7-17-16(14-15)9-13-26-17/h6-7,14H,8-13H2,1-5H3,(H2,21,22,23). The van der Waals surface area contributed by atoms with Gasteiger partial charge < -0.3 is 25.0 Å². The highest BCUT2D eigenvalue weighted by Gasteiger charge is 2.19. The summed E-state index contributed by atoms with van der Waals surface area (Å²) in [5, 5.41) is 6.52. The number of nitrogens with one attached hydrogen (secondary N) is 2. The molecule has 0 aromatic heterocycles. The molecule has 0 saturated heterocycles. The van der Waals surface area contributed by atoms with Crippen molar-refractivity contribution in [1.82, 2.24) is 15.5 Å². The van der Waals surface area contributed by atoms with Gasteiger partial charge in [0.2, 0.25) is 0 Å². The maximum absolute atomic E-state index is 11.9. The highest BCUT2D eigenvalue weighted by Crippen LogP contribution is 2.25. The Kier molecular flexibility index (Phi) is 7.33. The lowest BCUT2D eigenvalue weighted by Crippen LogP contribution is -2.43. The quantitative estimate of drug-likeness (QED) is 0.588. The fraction of sp³-hybridized carbons (Fsp3) is 0.600. The van der Waals surface area contributed by atoms with Crippen LogP contribution in [0.3, 0.4) is 0 Å². The first kappa shape index (κ1) is 20.9. The summed E-state index contributed by atoms with van der Waals surface area (Å²) in [6.07, 6.45) is 1.57. The smallest absolute Gasteiger partial charge is 0.410 e. The molecule has 1 aromatic carbocycles. The van der Waals surface area contributed by atoms with Crippen LogP contribution in [0.25, 0.3) is 0 Å². The Balaban J connectivity index is 1.68. The molecule has 1 heterocycles. The molecule has 0 spiro atoms. The van der Waals surface area contributed by atoms with Gasteiger partial charge in [-0.25, -0.2) is 4.79 Å². The predicted octanol–water partition coefficient (Wildman–Crippen LogP) is 2.20. The predicted molar refractivity (Wildman–Crippen MR) is 108 cm³/mol. The minimum absolute atomic E-state index is 0.326. The van der Waals surface area contributed by atoms with Crippen LogP contribution < -0.4 is 15.4 Å². The summed E-state index contributed by atoms with van der Waals surface area (Å²) < 4.78 is 10.9. The first-order valence-corrected chi connectivity index (χ1v) is 9.42. The molecule has 7 nitrogen and oxygen atoms in total.